The maximum Gasteiger partial charge on any atom is 0.335 e. The summed E-state index contributed by atoms with van der Waals surface area (Å²) in [6.07, 6.45) is 0.453. The van der Waals surface area contributed by atoms with Crippen molar-refractivity contribution in [2.24, 2.45) is 0 Å². The molecule has 0 saturated carbocycles. The second-order valence-corrected chi connectivity index (χ2v) is 6.13. The van der Waals surface area contributed by atoms with Crippen LogP contribution < -0.4 is 4.72 Å². The van der Waals surface area contributed by atoms with Gasteiger partial charge < -0.3 is 5.11 Å². The van der Waals surface area contributed by atoms with Crippen LogP contribution in [0.25, 0.3) is 0 Å². The molecule has 6 nitrogen and oxygen atoms in total. The van der Waals surface area contributed by atoms with Crippen molar-refractivity contribution < 1.29 is 18.3 Å². The fourth-order valence-electron chi connectivity index (χ4n) is 1.50. The highest BCUT2D eigenvalue weighted by molar-refractivity contribution is 7.89. The molecule has 0 heterocycles. The number of rotatable bonds is 6. The number of nitrogens with zero attached hydrogens (tertiary/aromatic N) is 1. The molecule has 0 spiro atoms. The van der Waals surface area contributed by atoms with E-state index in [1.165, 1.54) is 12.1 Å². The number of sulfonamides is 1. The third-order valence-electron chi connectivity index (χ3n) is 2.62. The van der Waals surface area contributed by atoms with Crippen molar-refractivity contribution in [1.29, 1.82) is 5.26 Å². The normalized spacial score (nSPS) is 12.7. The first-order chi connectivity index (χ1) is 9.31. The van der Waals surface area contributed by atoms with E-state index in [0.29, 0.717) is 6.42 Å². The number of aromatic carboxylic acids is 1. The summed E-state index contributed by atoms with van der Waals surface area (Å²) in [6, 6.07) is 4.76. The van der Waals surface area contributed by atoms with Gasteiger partial charge in [-0.3, -0.25) is 0 Å². The van der Waals surface area contributed by atoms with Crippen LogP contribution in [-0.2, 0) is 10.0 Å². The van der Waals surface area contributed by atoms with E-state index in [9.17, 15) is 13.2 Å². The molecule has 20 heavy (non-hydrogen) atoms. The molecule has 1 aromatic rings. The number of hydrogen-bond donors (Lipinski definition) is 2. The van der Waals surface area contributed by atoms with Gasteiger partial charge in [-0.05, 0) is 24.6 Å². The van der Waals surface area contributed by atoms with Crippen LogP contribution in [0, 0.1) is 11.3 Å². The molecule has 0 saturated heterocycles. The summed E-state index contributed by atoms with van der Waals surface area (Å²) in [6.45, 7) is 1.74. The SMILES string of the molecule is CCC(CC#N)NS(=O)(=O)c1cc(C(=O)O)ccc1Cl. The maximum absolute atomic E-state index is 12.2. The highest BCUT2D eigenvalue weighted by Crippen LogP contribution is 2.23. The van der Waals surface area contributed by atoms with Gasteiger partial charge in [0, 0.05) is 6.04 Å². The van der Waals surface area contributed by atoms with Gasteiger partial charge in [0.1, 0.15) is 4.90 Å². The Morgan fingerprint density at radius 3 is 2.70 bits per heavy atom. The number of benzene rings is 1. The van der Waals surface area contributed by atoms with Gasteiger partial charge in [0.2, 0.25) is 10.0 Å². The molecule has 0 fully saturated rings. The van der Waals surface area contributed by atoms with Crippen LogP contribution in [0.1, 0.15) is 30.1 Å². The Kier molecular flexibility index (Phi) is 5.51. The summed E-state index contributed by atoms with van der Waals surface area (Å²) in [7, 11) is -3.98. The third-order valence-corrected chi connectivity index (χ3v) is 4.62. The number of carboxylic acids is 1. The van der Waals surface area contributed by atoms with E-state index in [-0.39, 0.29) is 21.9 Å². The van der Waals surface area contributed by atoms with Gasteiger partial charge in [-0.1, -0.05) is 18.5 Å². The molecule has 1 unspecified atom stereocenters. The molecule has 1 aromatic carbocycles. The summed E-state index contributed by atoms with van der Waals surface area (Å²) < 4.78 is 26.7. The fourth-order valence-corrected chi connectivity index (χ4v) is 3.35. The lowest BCUT2D eigenvalue weighted by Crippen LogP contribution is -2.34. The molecule has 0 aliphatic carbocycles. The van der Waals surface area contributed by atoms with Gasteiger partial charge in [0.15, 0.2) is 0 Å². The lowest BCUT2D eigenvalue weighted by molar-refractivity contribution is 0.0696. The lowest BCUT2D eigenvalue weighted by atomic mass is 10.2. The minimum atomic E-state index is -3.98. The van der Waals surface area contributed by atoms with Crippen LogP contribution in [-0.4, -0.2) is 25.5 Å². The first-order valence-electron chi connectivity index (χ1n) is 5.74. The molecule has 0 bridgehead atoms. The quantitative estimate of drug-likeness (QED) is 0.834. The second kappa shape index (κ2) is 6.70. The summed E-state index contributed by atoms with van der Waals surface area (Å²) >= 11 is 5.81. The number of nitriles is 1. The zero-order chi connectivity index (χ0) is 15.3. The predicted octanol–water partition coefficient (Wildman–Crippen LogP) is 2.01. The topological polar surface area (TPSA) is 107 Å². The Hall–Kier alpha value is -1.62. The summed E-state index contributed by atoms with van der Waals surface area (Å²) in [5.41, 5.74) is -0.178. The van der Waals surface area contributed by atoms with Gasteiger partial charge in [-0.15, -0.1) is 0 Å². The van der Waals surface area contributed by atoms with Crippen LogP contribution in [0.2, 0.25) is 5.02 Å². The van der Waals surface area contributed by atoms with Gasteiger partial charge in [-0.25, -0.2) is 17.9 Å². The fraction of sp³-hybridized carbons (Fsp3) is 0.333. The van der Waals surface area contributed by atoms with Crippen molar-refractivity contribution >= 4 is 27.6 Å². The van der Waals surface area contributed by atoms with E-state index in [0.717, 1.165) is 6.07 Å². The zero-order valence-electron chi connectivity index (χ0n) is 10.6. The number of nitrogens with one attached hydrogen (secondary N) is 1. The Morgan fingerprint density at radius 1 is 1.55 bits per heavy atom. The maximum atomic E-state index is 12.2. The first-order valence-corrected chi connectivity index (χ1v) is 7.60. The molecular weight excluding hydrogens is 304 g/mol. The molecule has 0 aliphatic heterocycles. The molecule has 108 valence electrons. The molecule has 0 amide bonds. The Bertz CT molecular complexity index is 652. The largest absolute Gasteiger partial charge is 0.478 e. The Balaban J connectivity index is 3.18. The minimum absolute atomic E-state index is 0.0198. The molecule has 1 atom stereocenters. The molecular formula is C12H13ClN2O4S. The van der Waals surface area contributed by atoms with Crippen molar-refractivity contribution in [3.8, 4) is 6.07 Å². The molecule has 0 aromatic heterocycles. The average Bonchev–Trinajstić information content (AvgIpc) is 2.37. The van der Waals surface area contributed by atoms with Crippen LogP contribution in [0.3, 0.4) is 0 Å². The number of halogens is 1. The average molecular weight is 317 g/mol. The van der Waals surface area contributed by atoms with E-state index in [2.05, 4.69) is 4.72 Å². The van der Waals surface area contributed by atoms with Gasteiger partial charge >= 0.3 is 5.97 Å². The summed E-state index contributed by atoms with van der Waals surface area (Å²) in [5, 5.41) is 17.4. The number of carboxylic acid groups (broad SMARTS) is 1. The van der Waals surface area contributed by atoms with Crippen LogP contribution in [0.5, 0.6) is 0 Å². The zero-order valence-corrected chi connectivity index (χ0v) is 12.2. The van der Waals surface area contributed by atoms with Crippen molar-refractivity contribution in [1.82, 2.24) is 4.72 Å². The lowest BCUT2D eigenvalue weighted by Gasteiger charge is -2.15. The highest BCUT2D eigenvalue weighted by Gasteiger charge is 2.23. The molecule has 1 rings (SSSR count). The summed E-state index contributed by atoms with van der Waals surface area (Å²) in [5.74, 6) is -1.25. The van der Waals surface area contributed by atoms with E-state index < -0.39 is 22.0 Å². The van der Waals surface area contributed by atoms with Crippen molar-refractivity contribution in [3.63, 3.8) is 0 Å². The van der Waals surface area contributed by atoms with Gasteiger partial charge in [0.25, 0.3) is 0 Å². The Labute approximate surface area is 122 Å². The summed E-state index contributed by atoms with van der Waals surface area (Å²) in [4.78, 5) is 10.6. The van der Waals surface area contributed by atoms with Crippen molar-refractivity contribution in [2.45, 2.75) is 30.7 Å². The number of carbonyl (C=O) groups is 1. The predicted molar refractivity (Wildman–Crippen MR) is 73.0 cm³/mol. The molecule has 0 radical (unpaired) electrons. The highest BCUT2D eigenvalue weighted by atomic mass is 35.5. The third kappa shape index (κ3) is 3.93. The van der Waals surface area contributed by atoms with Crippen LogP contribution in [0.15, 0.2) is 23.1 Å². The van der Waals surface area contributed by atoms with E-state index >= 15 is 0 Å². The monoisotopic (exact) mass is 316 g/mol. The van der Waals surface area contributed by atoms with Crippen LogP contribution in [0.4, 0.5) is 0 Å². The van der Waals surface area contributed by atoms with E-state index in [4.69, 9.17) is 22.0 Å². The van der Waals surface area contributed by atoms with E-state index in [1.807, 2.05) is 6.07 Å². The van der Waals surface area contributed by atoms with Crippen molar-refractivity contribution in [3.05, 3.63) is 28.8 Å². The first kappa shape index (κ1) is 16.4. The van der Waals surface area contributed by atoms with Gasteiger partial charge in [0.05, 0.1) is 23.1 Å². The van der Waals surface area contributed by atoms with Gasteiger partial charge in [-0.2, -0.15) is 5.26 Å². The molecule has 0 aliphatic rings. The smallest absolute Gasteiger partial charge is 0.335 e. The standard InChI is InChI=1S/C12H13ClN2O4S/c1-2-9(5-6-14)15-20(18,19)11-7-8(12(16)17)3-4-10(11)13/h3-4,7,9,15H,2,5H2,1H3,(H,16,17). The number of hydrogen-bond acceptors (Lipinski definition) is 4. The van der Waals surface area contributed by atoms with E-state index in [1.54, 1.807) is 6.92 Å². The Morgan fingerprint density at radius 2 is 2.20 bits per heavy atom. The van der Waals surface area contributed by atoms with Crippen molar-refractivity contribution in [2.75, 3.05) is 0 Å². The molecule has 8 heteroatoms. The molecule has 2 N–H and O–H groups in total. The second-order valence-electron chi connectivity index (χ2n) is 4.04. The minimum Gasteiger partial charge on any atom is -0.478 e. The van der Waals surface area contributed by atoms with Crippen LogP contribution >= 0.6 is 11.6 Å².